The van der Waals surface area contributed by atoms with Crippen LogP contribution in [-0.2, 0) is 5.54 Å². The molecule has 1 atom stereocenters. The van der Waals surface area contributed by atoms with Crippen LogP contribution in [-0.4, -0.2) is 34.2 Å². The third-order valence-corrected chi connectivity index (χ3v) is 6.28. The van der Waals surface area contributed by atoms with Gasteiger partial charge in [0.25, 0.3) is 0 Å². The van der Waals surface area contributed by atoms with E-state index in [0.717, 1.165) is 12.1 Å². The Morgan fingerprint density at radius 1 is 0.844 bits per heavy atom. The highest BCUT2D eigenvalue weighted by molar-refractivity contribution is 5.52. The molecule has 1 unspecified atom stereocenters. The van der Waals surface area contributed by atoms with Gasteiger partial charge in [0, 0.05) is 19.2 Å². The van der Waals surface area contributed by atoms with E-state index in [4.69, 9.17) is 4.42 Å². The Kier molecular flexibility index (Phi) is 5.71. The lowest BCUT2D eigenvalue weighted by molar-refractivity contribution is 0.0870. The van der Waals surface area contributed by atoms with Crippen molar-refractivity contribution in [3.8, 4) is 0 Å². The standard InChI is InChI=1S/C28H26N2O2/c31-26-16-18-30(21-22(26)20-27-29-17-19-32-27)28(23-10-4-1-5-11-23,24-12-6-2-7-13-24)25-14-8-3-9-15-25/h1-15,17,19-20,26,31H,16,18,21H2/b22-20-. The van der Waals surface area contributed by atoms with Gasteiger partial charge >= 0.3 is 0 Å². The van der Waals surface area contributed by atoms with Crippen molar-refractivity contribution in [2.24, 2.45) is 0 Å². The maximum Gasteiger partial charge on any atom is 0.218 e. The fraction of sp³-hybridized carbons (Fsp3) is 0.179. The number of aliphatic hydroxyl groups excluding tert-OH is 1. The molecule has 0 radical (unpaired) electrons. The molecular weight excluding hydrogens is 396 g/mol. The lowest BCUT2D eigenvalue weighted by atomic mass is 9.74. The molecule has 32 heavy (non-hydrogen) atoms. The Hall–Kier alpha value is -3.47. The van der Waals surface area contributed by atoms with Crippen molar-refractivity contribution in [1.82, 2.24) is 9.88 Å². The van der Waals surface area contributed by atoms with Crippen LogP contribution in [0, 0.1) is 0 Å². The third kappa shape index (κ3) is 3.68. The molecule has 1 saturated heterocycles. The number of aromatic nitrogens is 1. The van der Waals surface area contributed by atoms with Crippen molar-refractivity contribution in [2.75, 3.05) is 13.1 Å². The first-order valence-corrected chi connectivity index (χ1v) is 11.0. The number of nitrogens with zero attached hydrogens (tertiary/aromatic N) is 2. The Morgan fingerprint density at radius 3 is 1.84 bits per heavy atom. The predicted octanol–water partition coefficient (Wildman–Crippen LogP) is 5.12. The van der Waals surface area contributed by atoms with Crippen LogP contribution in [0.2, 0.25) is 0 Å². The van der Waals surface area contributed by atoms with Crippen LogP contribution >= 0.6 is 0 Å². The Labute approximate surface area is 188 Å². The van der Waals surface area contributed by atoms with Gasteiger partial charge in [-0.3, -0.25) is 4.90 Å². The van der Waals surface area contributed by atoms with Gasteiger partial charge in [-0.2, -0.15) is 0 Å². The van der Waals surface area contributed by atoms with Crippen LogP contribution in [0.4, 0.5) is 0 Å². The summed E-state index contributed by atoms with van der Waals surface area (Å²) in [5.41, 5.74) is 4.00. The molecule has 0 aliphatic carbocycles. The van der Waals surface area contributed by atoms with Gasteiger partial charge in [-0.25, -0.2) is 4.98 Å². The van der Waals surface area contributed by atoms with Crippen LogP contribution in [0.5, 0.6) is 0 Å². The first-order valence-electron chi connectivity index (χ1n) is 11.0. The maximum atomic E-state index is 10.8. The highest BCUT2D eigenvalue weighted by Gasteiger charge is 2.44. The summed E-state index contributed by atoms with van der Waals surface area (Å²) in [6, 6.07) is 31.9. The predicted molar refractivity (Wildman–Crippen MR) is 126 cm³/mol. The number of rotatable bonds is 5. The number of oxazole rings is 1. The van der Waals surface area contributed by atoms with Crippen molar-refractivity contribution in [1.29, 1.82) is 0 Å². The Bertz CT molecular complexity index is 1060. The molecule has 4 aromatic rings. The number of likely N-dealkylation sites (tertiary alicyclic amines) is 1. The molecule has 1 aliphatic rings. The molecule has 1 N–H and O–H groups in total. The van der Waals surface area contributed by atoms with E-state index < -0.39 is 11.6 Å². The minimum absolute atomic E-state index is 0.500. The molecule has 0 bridgehead atoms. The lowest BCUT2D eigenvalue weighted by Gasteiger charge is -2.48. The fourth-order valence-electron chi connectivity index (χ4n) is 4.85. The SMILES string of the molecule is OC1CCN(C(c2ccccc2)(c2ccccc2)c2ccccc2)C/C1=C/c1ncco1. The largest absolute Gasteiger partial charge is 0.445 e. The van der Waals surface area contributed by atoms with Crippen LogP contribution in [0.3, 0.4) is 0 Å². The zero-order valence-electron chi connectivity index (χ0n) is 17.8. The molecule has 0 amide bonds. The summed E-state index contributed by atoms with van der Waals surface area (Å²) >= 11 is 0. The quantitative estimate of drug-likeness (QED) is 0.454. The van der Waals surface area contributed by atoms with Gasteiger partial charge in [0.2, 0.25) is 5.89 Å². The van der Waals surface area contributed by atoms with E-state index in [1.165, 1.54) is 16.7 Å². The Morgan fingerprint density at radius 2 is 1.38 bits per heavy atom. The molecule has 160 valence electrons. The monoisotopic (exact) mass is 422 g/mol. The van der Waals surface area contributed by atoms with Crippen LogP contribution < -0.4 is 0 Å². The van der Waals surface area contributed by atoms with Gasteiger partial charge < -0.3 is 9.52 Å². The van der Waals surface area contributed by atoms with E-state index in [9.17, 15) is 5.11 Å². The van der Waals surface area contributed by atoms with Crippen molar-refractivity contribution in [3.05, 3.63) is 132 Å². The average Bonchev–Trinajstić information content (AvgIpc) is 3.37. The summed E-state index contributed by atoms with van der Waals surface area (Å²) in [7, 11) is 0. The molecule has 0 saturated carbocycles. The second kappa shape index (κ2) is 8.95. The Balaban J connectivity index is 1.71. The lowest BCUT2D eigenvalue weighted by Crippen LogP contribution is -2.52. The number of hydrogen-bond acceptors (Lipinski definition) is 4. The molecule has 4 nitrogen and oxygen atoms in total. The van der Waals surface area contributed by atoms with Crippen LogP contribution in [0.25, 0.3) is 6.08 Å². The molecule has 2 heterocycles. The second-order valence-electron chi connectivity index (χ2n) is 8.12. The van der Waals surface area contributed by atoms with E-state index >= 15 is 0 Å². The zero-order chi connectivity index (χ0) is 21.8. The summed E-state index contributed by atoms with van der Waals surface area (Å²) < 4.78 is 5.44. The minimum Gasteiger partial charge on any atom is -0.445 e. The smallest absolute Gasteiger partial charge is 0.218 e. The van der Waals surface area contributed by atoms with E-state index in [1.807, 2.05) is 6.08 Å². The molecule has 1 aliphatic heterocycles. The van der Waals surface area contributed by atoms with E-state index in [1.54, 1.807) is 12.5 Å². The van der Waals surface area contributed by atoms with Crippen LogP contribution in [0.1, 0.15) is 29.0 Å². The van der Waals surface area contributed by atoms with Gasteiger partial charge in [0.1, 0.15) is 6.26 Å². The summed E-state index contributed by atoms with van der Waals surface area (Å²) in [5.74, 6) is 0.519. The van der Waals surface area contributed by atoms with Crippen molar-refractivity contribution in [2.45, 2.75) is 18.1 Å². The summed E-state index contributed by atoms with van der Waals surface area (Å²) in [5, 5.41) is 10.8. The van der Waals surface area contributed by atoms with Gasteiger partial charge in [0.05, 0.1) is 17.8 Å². The summed E-state index contributed by atoms with van der Waals surface area (Å²) in [6.45, 7) is 1.35. The van der Waals surface area contributed by atoms with Gasteiger partial charge in [-0.05, 0) is 28.7 Å². The number of benzene rings is 3. The highest BCUT2D eigenvalue weighted by atomic mass is 16.3. The highest BCUT2D eigenvalue weighted by Crippen LogP contribution is 2.44. The molecular formula is C28H26N2O2. The topological polar surface area (TPSA) is 49.5 Å². The molecule has 1 aromatic heterocycles. The molecule has 4 heteroatoms. The van der Waals surface area contributed by atoms with Crippen molar-refractivity contribution >= 4 is 6.08 Å². The maximum absolute atomic E-state index is 10.8. The van der Waals surface area contributed by atoms with Gasteiger partial charge in [-0.15, -0.1) is 0 Å². The molecule has 0 spiro atoms. The first kappa shape index (κ1) is 20.4. The average molecular weight is 423 g/mol. The molecule has 1 fully saturated rings. The van der Waals surface area contributed by atoms with E-state index in [0.29, 0.717) is 18.9 Å². The fourth-order valence-corrected chi connectivity index (χ4v) is 4.85. The summed E-state index contributed by atoms with van der Waals surface area (Å²) in [6.07, 6.45) is 5.19. The van der Waals surface area contributed by atoms with Crippen LogP contribution in [0.15, 0.2) is 113 Å². The third-order valence-electron chi connectivity index (χ3n) is 6.28. The summed E-state index contributed by atoms with van der Waals surface area (Å²) in [4.78, 5) is 6.70. The molecule has 3 aromatic carbocycles. The number of aliphatic hydroxyl groups is 1. The second-order valence-corrected chi connectivity index (χ2v) is 8.12. The molecule has 5 rings (SSSR count). The first-order chi connectivity index (χ1) is 15.8. The zero-order valence-corrected chi connectivity index (χ0v) is 17.8. The van der Waals surface area contributed by atoms with Crippen molar-refractivity contribution < 1.29 is 9.52 Å². The van der Waals surface area contributed by atoms with Gasteiger partial charge in [-0.1, -0.05) is 91.0 Å². The van der Waals surface area contributed by atoms with E-state index in [2.05, 4.69) is 101 Å². The minimum atomic E-state index is -0.516. The normalized spacial score (nSPS) is 18.7. The van der Waals surface area contributed by atoms with E-state index in [-0.39, 0.29) is 0 Å². The number of hydrogen-bond donors (Lipinski definition) is 1. The number of piperidine rings is 1. The van der Waals surface area contributed by atoms with Gasteiger partial charge in [0.15, 0.2) is 0 Å². The van der Waals surface area contributed by atoms with Crippen molar-refractivity contribution in [3.63, 3.8) is 0 Å².